The average molecular weight is 198 g/mol. The molecular weight excluding hydrogens is 168 g/mol. The molecule has 0 aliphatic heterocycles. The Labute approximate surface area is 91.5 Å². The van der Waals surface area contributed by atoms with Crippen LogP contribution in [-0.4, -0.2) is 0 Å². The highest BCUT2D eigenvalue weighted by molar-refractivity contribution is 4.82. The predicted octanol–water partition coefficient (Wildman–Crippen LogP) is 5.28. The van der Waals surface area contributed by atoms with Gasteiger partial charge in [-0.25, -0.2) is 0 Å². The van der Waals surface area contributed by atoms with Crippen molar-refractivity contribution in [3.05, 3.63) is 0 Å². The van der Waals surface area contributed by atoms with E-state index in [-0.39, 0.29) is 0 Å². The summed E-state index contributed by atoms with van der Waals surface area (Å²) in [6.07, 6.45) is 7.21. The number of hydrogen-bond donors (Lipinski definition) is 0. The van der Waals surface area contributed by atoms with Gasteiger partial charge in [-0.3, -0.25) is 0 Å². The Morgan fingerprint density at radius 1 is 1.14 bits per heavy atom. The topological polar surface area (TPSA) is 0 Å². The van der Waals surface area contributed by atoms with Gasteiger partial charge in [0.2, 0.25) is 0 Å². The molecule has 0 radical (unpaired) electrons. The summed E-state index contributed by atoms with van der Waals surface area (Å²) in [6.45, 7) is 13.6. The summed E-state index contributed by atoms with van der Waals surface area (Å²) in [7, 11) is 0. The molecule has 0 spiro atoms. The quantitative estimate of drug-likeness (QED) is 0.566. The zero-order valence-corrected chi connectivity index (χ0v) is 11.2. The lowest BCUT2D eigenvalue weighted by Gasteiger charge is -2.39. The molecule has 0 aromatic heterocycles. The van der Waals surface area contributed by atoms with Gasteiger partial charge in [0.1, 0.15) is 0 Å². The third-order valence-corrected chi connectivity index (χ3v) is 3.17. The van der Waals surface area contributed by atoms with Gasteiger partial charge in [-0.2, -0.15) is 0 Å². The first-order valence-corrected chi connectivity index (χ1v) is 6.53. The van der Waals surface area contributed by atoms with Crippen molar-refractivity contribution in [2.75, 3.05) is 0 Å². The van der Waals surface area contributed by atoms with Crippen LogP contribution in [0.3, 0.4) is 0 Å². The van der Waals surface area contributed by atoms with E-state index in [1.54, 1.807) is 0 Å². The van der Waals surface area contributed by atoms with E-state index in [1.807, 2.05) is 13.8 Å². The Morgan fingerprint density at radius 2 is 1.71 bits per heavy atom. The second kappa shape index (κ2) is 6.48. The third kappa shape index (κ3) is 5.02. The summed E-state index contributed by atoms with van der Waals surface area (Å²) in [4.78, 5) is 0. The molecule has 0 nitrogen and oxygen atoms in total. The van der Waals surface area contributed by atoms with Crippen LogP contribution in [0.2, 0.25) is 0 Å². The van der Waals surface area contributed by atoms with Crippen molar-refractivity contribution >= 4 is 0 Å². The van der Waals surface area contributed by atoms with Gasteiger partial charge < -0.3 is 0 Å². The molecule has 1 aliphatic carbocycles. The molecule has 0 saturated heterocycles. The Hall–Kier alpha value is 0. The van der Waals surface area contributed by atoms with Crippen LogP contribution < -0.4 is 0 Å². The molecule has 0 heterocycles. The smallest absolute Gasteiger partial charge is 0.0349 e. The van der Waals surface area contributed by atoms with Gasteiger partial charge in [0.25, 0.3) is 0 Å². The van der Waals surface area contributed by atoms with E-state index in [9.17, 15) is 0 Å². The van der Waals surface area contributed by atoms with Crippen LogP contribution in [0.4, 0.5) is 0 Å². The first-order chi connectivity index (χ1) is 6.53. The molecule has 2 atom stereocenters. The minimum Gasteiger partial charge on any atom is -0.0683 e. The van der Waals surface area contributed by atoms with E-state index in [2.05, 4.69) is 27.7 Å². The van der Waals surface area contributed by atoms with E-state index in [0.717, 1.165) is 11.8 Å². The molecule has 14 heavy (non-hydrogen) atoms. The van der Waals surface area contributed by atoms with Crippen LogP contribution in [0, 0.1) is 17.3 Å². The Kier molecular flexibility index (Phi) is 6.48. The molecule has 1 aliphatic rings. The SMILES string of the molecule is CC.CCCC1CC(C)CC(C)(C)C1. The van der Waals surface area contributed by atoms with E-state index in [0.29, 0.717) is 5.41 Å². The number of hydrogen-bond acceptors (Lipinski definition) is 0. The van der Waals surface area contributed by atoms with Crippen LogP contribution in [0.25, 0.3) is 0 Å². The van der Waals surface area contributed by atoms with Crippen LogP contribution in [0.15, 0.2) is 0 Å². The maximum absolute atomic E-state index is 2.44. The fourth-order valence-electron chi connectivity index (χ4n) is 3.17. The molecule has 0 N–H and O–H groups in total. The van der Waals surface area contributed by atoms with Crippen molar-refractivity contribution in [1.29, 1.82) is 0 Å². The van der Waals surface area contributed by atoms with Gasteiger partial charge in [0, 0.05) is 0 Å². The minimum atomic E-state index is 0.623. The van der Waals surface area contributed by atoms with E-state index in [1.165, 1.54) is 32.1 Å². The highest BCUT2D eigenvalue weighted by Crippen LogP contribution is 2.42. The van der Waals surface area contributed by atoms with Crippen LogP contribution in [0.5, 0.6) is 0 Å². The van der Waals surface area contributed by atoms with Crippen molar-refractivity contribution < 1.29 is 0 Å². The summed E-state index contributed by atoms with van der Waals surface area (Å²) in [5.41, 5.74) is 0.623. The molecule has 2 unspecified atom stereocenters. The van der Waals surface area contributed by atoms with Crippen molar-refractivity contribution in [2.24, 2.45) is 17.3 Å². The lowest BCUT2D eigenvalue weighted by atomic mass is 9.67. The largest absolute Gasteiger partial charge is 0.0683 e. The molecule has 0 bridgehead atoms. The van der Waals surface area contributed by atoms with E-state index < -0.39 is 0 Å². The van der Waals surface area contributed by atoms with Crippen molar-refractivity contribution in [1.82, 2.24) is 0 Å². The minimum absolute atomic E-state index is 0.623. The highest BCUT2D eigenvalue weighted by atomic mass is 14.4. The van der Waals surface area contributed by atoms with E-state index in [4.69, 9.17) is 0 Å². The summed E-state index contributed by atoms with van der Waals surface area (Å²) in [6, 6.07) is 0. The van der Waals surface area contributed by atoms with Gasteiger partial charge in [-0.1, -0.05) is 54.4 Å². The third-order valence-electron chi connectivity index (χ3n) is 3.17. The number of rotatable bonds is 2. The van der Waals surface area contributed by atoms with Gasteiger partial charge >= 0.3 is 0 Å². The Morgan fingerprint density at radius 3 is 2.14 bits per heavy atom. The second-order valence-electron chi connectivity index (χ2n) is 5.57. The van der Waals surface area contributed by atoms with E-state index >= 15 is 0 Å². The van der Waals surface area contributed by atoms with Crippen molar-refractivity contribution in [3.63, 3.8) is 0 Å². The summed E-state index contributed by atoms with van der Waals surface area (Å²) < 4.78 is 0. The van der Waals surface area contributed by atoms with Gasteiger partial charge in [0.05, 0.1) is 0 Å². The maximum Gasteiger partial charge on any atom is -0.0349 e. The van der Waals surface area contributed by atoms with Crippen LogP contribution in [0.1, 0.15) is 73.6 Å². The van der Waals surface area contributed by atoms with Gasteiger partial charge in [0.15, 0.2) is 0 Å². The summed E-state index contributed by atoms with van der Waals surface area (Å²) in [5, 5.41) is 0. The molecule has 0 amide bonds. The fraction of sp³-hybridized carbons (Fsp3) is 1.00. The van der Waals surface area contributed by atoms with Crippen molar-refractivity contribution in [2.45, 2.75) is 73.6 Å². The summed E-state index contributed by atoms with van der Waals surface area (Å²) >= 11 is 0. The Balaban J connectivity index is 0.000000791. The monoisotopic (exact) mass is 198 g/mol. The van der Waals surface area contributed by atoms with Gasteiger partial charge in [-0.05, 0) is 36.5 Å². The van der Waals surface area contributed by atoms with Crippen LogP contribution >= 0.6 is 0 Å². The zero-order valence-electron chi connectivity index (χ0n) is 11.2. The lowest BCUT2D eigenvalue weighted by Crippen LogP contribution is -2.27. The standard InChI is InChI=1S/C12H24.C2H6/c1-5-6-11-7-10(2)8-12(3,4)9-11;1-2/h10-11H,5-9H2,1-4H3;1-2H3. The summed E-state index contributed by atoms with van der Waals surface area (Å²) in [5.74, 6) is 1.99. The second-order valence-corrected chi connectivity index (χ2v) is 5.57. The molecule has 0 heteroatoms. The first kappa shape index (κ1) is 14.0. The normalized spacial score (nSPS) is 30.4. The molecular formula is C14H30. The first-order valence-electron chi connectivity index (χ1n) is 6.53. The van der Waals surface area contributed by atoms with Crippen LogP contribution in [-0.2, 0) is 0 Å². The molecule has 1 rings (SSSR count). The predicted molar refractivity (Wildman–Crippen MR) is 66.5 cm³/mol. The molecule has 1 saturated carbocycles. The van der Waals surface area contributed by atoms with Crippen molar-refractivity contribution in [3.8, 4) is 0 Å². The maximum atomic E-state index is 2.44. The Bertz CT molecular complexity index is 135. The zero-order chi connectivity index (χ0) is 11.2. The lowest BCUT2D eigenvalue weighted by molar-refractivity contribution is 0.127. The average Bonchev–Trinajstić information content (AvgIpc) is 2.04. The molecule has 0 aromatic carbocycles. The molecule has 1 fully saturated rings. The fourth-order valence-corrected chi connectivity index (χ4v) is 3.17. The molecule has 0 aromatic rings. The van der Waals surface area contributed by atoms with Gasteiger partial charge in [-0.15, -0.1) is 0 Å². The highest BCUT2D eigenvalue weighted by Gasteiger charge is 2.31. The molecule has 86 valence electrons.